The Balaban J connectivity index is 1.85. The fourth-order valence-corrected chi connectivity index (χ4v) is 3.87. The van der Waals surface area contributed by atoms with Crippen molar-refractivity contribution >= 4 is 29.0 Å². The summed E-state index contributed by atoms with van der Waals surface area (Å²) in [6.45, 7) is 2.02. The normalized spacial score (nSPS) is 25.8. The van der Waals surface area contributed by atoms with Gasteiger partial charge < -0.3 is 4.74 Å². The first kappa shape index (κ1) is 16.6. The molecule has 0 heterocycles. The minimum atomic E-state index is -0.850. The second-order valence-corrected chi connectivity index (χ2v) is 7.03. The van der Waals surface area contributed by atoms with Gasteiger partial charge in [-0.15, -0.1) is 0 Å². The highest BCUT2D eigenvalue weighted by atomic mass is 35.5. The molecule has 0 N–H and O–H groups in total. The summed E-state index contributed by atoms with van der Waals surface area (Å²) in [5.74, 6) is -0.633. The highest BCUT2D eigenvalue weighted by Gasteiger charge is 2.46. The summed E-state index contributed by atoms with van der Waals surface area (Å²) in [6.07, 6.45) is 4.58. The first-order chi connectivity index (χ1) is 11.3. The molecule has 2 aliphatic carbocycles. The van der Waals surface area contributed by atoms with E-state index >= 15 is 0 Å². The summed E-state index contributed by atoms with van der Waals surface area (Å²) in [7, 11) is 0. The third-order valence-corrected chi connectivity index (χ3v) is 5.14. The standard InChI is InChI=1S/C17H16ClNO5/c1-17-6-2-3-13(17)15(20)8-11(9-17)24-16(21)12-5-4-10(18)7-14(12)19(22)23/h4-5,7-8,13H,2-3,6,9H2,1H3. The molecular formula is C17H16ClNO5. The molecule has 0 aromatic heterocycles. The lowest BCUT2D eigenvalue weighted by molar-refractivity contribution is -0.385. The summed E-state index contributed by atoms with van der Waals surface area (Å²) >= 11 is 5.74. The molecule has 2 unspecified atom stereocenters. The van der Waals surface area contributed by atoms with Crippen LogP contribution in [-0.4, -0.2) is 16.7 Å². The number of hydrogen-bond donors (Lipinski definition) is 0. The van der Waals surface area contributed by atoms with Crippen LogP contribution in [0.2, 0.25) is 5.02 Å². The zero-order chi connectivity index (χ0) is 17.5. The van der Waals surface area contributed by atoms with E-state index in [-0.39, 0.29) is 33.5 Å². The molecule has 2 aliphatic rings. The maximum absolute atomic E-state index is 12.3. The van der Waals surface area contributed by atoms with E-state index < -0.39 is 16.6 Å². The van der Waals surface area contributed by atoms with Gasteiger partial charge in [0.2, 0.25) is 0 Å². The molecule has 0 radical (unpaired) electrons. The molecule has 1 aromatic rings. The zero-order valence-electron chi connectivity index (χ0n) is 13.1. The topological polar surface area (TPSA) is 86.5 Å². The number of esters is 1. The Kier molecular flexibility index (Phi) is 4.17. The van der Waals surface area contributed by atoms with Crippen molar-refractivity contribution in [3.8, 4) is 0 Å². The van der Waals surface area contributed by atoms with Crippen LogP contribution in [0.1, 0.15) is 43.0 Å². The van der Waals surface area contributed by atoms with E-state index in [0.29, 0.717) is 6.42 Å². The van der Waals surface area contributed by atoms with Crippen molar-refractivity contribution in [2.75, 3.05) is 0 Å². The van der Waals surface area contributed by atoms with Crippen LogP contribution in [0.5, 0.6) is 0 Å². The average molecular weight is 350 g/mol. The fourth-order valence-electron chi connectivity index (χ4n) is 3.71. The lowest BCUT2D eigenvalue weighted by Gasteiger charge is -2.34. The number of ketones is 1. The number of nitro groups is 1. The van der Waals surface area contributed by atoms with Crippen LogP contribution in [0.4, 0.5) is 5.69 Å². The lowest BCUT2D eigenvalue weighted by atomic mass is 9.71. The van der Waals surface area contributed by atoms with E-state index in [0.717, 1.165) is 25.3 Å². The van der Waals surface area contributed by atoms with Crippen molar-refractivity contribution in [3.05, 3.63) is 50.7 Å². The number of ether oxygens (including phenoxy) is 1. The minimum absolute atomic E-state index is 0.0233. The van der Waals surface area contributed by atoms with Crippen LogP contribution in [-0.2, 0) is 9.53 Å². The number of hydrogen-bond acceptors (Lipinski definition) is 5. The van der Waals surface area contributed by atoms with Gasteiger partial charge in [-0.2, -0.15) is 0 Å². The molecule has 0 bridgehead atoms. The van der Waals surface area contributed by atoms with Crippen LogP contribution in [0.15, 0.2) is 30.0 Å². The first-order valence-corrected chi connectivity index (χ1v) is 8.08. The molecule has 0 spiro atoms. The van der Waals surface area contributed by atoms with Gasteiger partial charge in [-0.05, 0) is 30.4 Å². The molecule has 1 aromatic carbocycles. The highest BCUT2D eigenvalue weighted by molar-refractivity contribution is 6.31. The van der Waals surface area contributed by atoms with E-state index in [9.17, 15) is 19.7 Å². The molecule has 1 saturated carbocycles. The maximum atomic E-state index is 12.3. The summed E-state index contributed by atoms with van der Waals surface area (Å²) < 4.78 is 5.31. The molecule has 126 valence electrons. The van der Waals surface area contributed by atoms with Crippen molar-refractivity contribution in [1.29, 1.82) is 0 Å². The average Bonchev–Trinajstić information content (AvgIpc) is 2.88. The van der Waals surface area contributed by atoms with Crippen LogP contribution in [0, 0.1) is 21.4 Å². The molecule has 6 nitrogen and oxygen atoms in total. The third kappa shape index (κ3) is 2.94. The first-order valence-electron chi connectivity index (χ1n) is 7.71. The molecule has 0 aliphatic heterocycles. The Morgan fingerprint density at radius 3 is 2.92 bits per heavy atom. The Labute approximate surface area is 143 Å². The number of halogens is 1. The molecular weight excluding hydrogens is 334 g/mol. The van der Waals surface area contributed by atoms with Gasteiger partial charge in [0.1, 0.15) is 11.3 Å². The number of fused-ring (bicyclic) bond motifs is 1. The van der Waals surface area contributed by atoms with Gasteiger partial charge in [-0.1, -0.05) is 24.9 Å². The highest BCUT2D eigenvalue weighted by Crippen LogP contribution is 2.50. The molecule has 0 amide bonds. The predicted molar refractivity (Wildman–Crippen MR) is 86.7 cm³/mol. The van der Waals surface area contributed by atoms with Gasteiger partial charge in [0, 0.05) is 29.5 Å². The van der Waals surface area contributed by atoms with Crippen molar-refractivity contribution in [1.82, 2.24) is 0 Å². The second kappa shape index (κ2) is 6.02. The largest absolute Gasteiger partial charge is 0.427 e. The Morgan fingerprint density at radius 1 is 1.46 bits per heavy atom. The molecule has 1 fully saturated rings. The number of nitro benzene ring substituents is 1. The van der Waals surface area contributed by atoms with Crippen molar-refractivity contribution in [2.24, 2.45) is 11.3 Å². The van der Waals surface area contributed by atoms with Gasteiger partial charge in [0.05, 0.1) is 4.92 Å². The monoisotopic (exact) mass is 349 g/mol. The van der Waals surface area contributed by atoms with Gasteiger partial charge in [0.15, 0.2) is 5.78 Å². The van der Waals surface area contributed by atoms with Gasteiger partial charge >= 0.3 is 5.97 Å². The molecule has 0 saturated heterocycles. The lowest BCUT2D eigenvalue weighted by Crippen LogP contribution is -2.33. The zero-order valence-corrected chi connectivity index (χ0v) is 13.8. The van der Waals surface area contributed by atoms with Crippen molar-refractivity contribution in [3.63, 3.8) is 0 Å². The van der Waals surface area contributed by atoms with E-state index in [2.05, 4.69) is 0 Å². The van der Waals surface area contributed by atoms with E-state index in [4.69, 9.17) is 16.3 Å². The number of nitrogens with zero attached hydrogens (tertiary/aromatic N) is 1. The third-order valence-electron chi connectivity index (χ3n) is 4.91. The number of carbonyl (C=O) groups is 2. The van der Waals surface area contributed by atoms with Crippen LogP contribution < -0.4 is 0 Å². The Morgan fingerprint density at radius 2 is 2.21 bits per heavy atom. The quantitative estimate of drug-likeness (QED) is 0.466. The number of carbonyl (C=O) groups excluding carboxylic acids is 2. The summed E-state index contributed by atoms with van der Waals surface area (Å²) in [5, 5.41) is 11.3. The van der Waals surface area contributed by atoms with E-state index in [1.165, 1.54) is 18.2 Å². The fraction of sp³-hybridized carbons (Fsp3) is 0.412. The van der Waals surface area contributed by atoms with Crippen molar-refractivity contribution < 1.29 is 19.2 Å². The van der Waals surface area contributed by atoms with Crippen LogP contribution in [0.3, 0.4) is 0 Å². The minimum Gasteiger partial charge on any atom is -0.427 e. The van der Waals surface area contributed by atoms with Gasteiger partial charge in [-0.3, -0.25) is 14.9 Å². The summed E-state index contributed by atoms with van der Waals surface area (Å²) in [4.78, 5) is 35.0. The van der Waals surface area contributed by atoms with E-state index in [1.54, 1.807) is 0 Å². The molecule has 7 heteroatoms. The predicted octanol–water partition coefficient (Wildman–Crippen LogP) is 4.07. The molecule has 2 atom stereocenters. The second-order valence-electron chi connectivity index (χ2n) is 6.60. The van der Waals surface area contributed by atoms with Gasteiger partial charge in [-0.25, -0.2) is 4.79 Å². The maximum Gasteiger partial charge on any atom is 0.350 e. The SMILES string of the molecule is CC12CCCC1C(=O)C=C(OC(=O)c1ccc(Cl)cc1[N+](=O)[O-])C2. The summed E-state index contributed by atoms with van der Waals surface area (Å²) in [5.41, 5.74) is -0.801. The molecule has 24 heavy (non-hydrogen) atoms. The summed E-state index contributed by atoms with van der Waals surface area (Å²) in [6, 6.07) is 3.75. The number of rotatable bonds is 3. The van der Waals surface area contributed by atoms with Crippen LogP contribution in [0.25, 0.3) is 0 Å². The molecule has 3 rings (SSSR count). The smallest absolute Gasteiger partial charge is 0.350 e. The van der Waals surface area contributed by atoms with Crippen LogP contribution >= 0.6 is 11.6 Å². The van der Waals surface area contributed by atoms with Gasteiger partial charge in [0.25, 0.3) is 5.69 Å². The van der Waals surface area contributed by atoms with E-state index in [1.807, 2.05) is 6.92 Å². The Hall–Kier alpha value is -2.21. The van der Waals surface area contributed by atoms with Crippen molar-refractivity contribution in [2.45, 2.75) is 32.6 Å². The number of benzene rings is 1. The Bertz CT molecular complexity index is 772. The number of allylic oxidation sites excluding steroid dienone is 2.